The number of aromatic nitrogens is 3. The van der Waals surface area contributed by atoms with Crippen LogP contribution in [0.5, 0.6) is 0 Å². The number of nitrogens with two attached hydrogens (primary N) is 1. The zero-order valence-corrected chi connectivity index (χ0v) is 12.1. The highest BCUT2D eigenvalue weighted by Crippen LogP contribution is 2.12. The molecule has 1 aromatic heterocycles. The van der Waals surface area contributed by atoms with Crippen molar-refractivity contribution in [2.75, 3.05) is 6.54 Å². The molecule has 6 heteroatoms. The van der Waals surface area contributed by atoms with Gasteiger partial charge < -0.3 is 10.6 Å². The van der Waals surface area contributed by atoms with Crippen LogP contribution in [-0.2, 0) is 24.3 Å². The van der Waals surface area contributed by atoms with E-state index in [0.29, 0.717) is 26.1 Å². The van der Waals surface area contributed by atoms with Gasteiger partial charge in [-0.25, -0.2) is 9.67 Å². The molecule has 0 spiro atoms. The molecule has 110 valence electrons. The van der Waals surface area contributed by atoms with Gasteiger partial charge in [-0.2, -0.15) is 5.10 Å². The van der Waals surface area contributed by atoms with Crippen LogP contribution in [-0.4, -0.2) is 38.2 Å². The quantitative estimate of drug-likeness (QED) is 0.891. The second kappa shape index (κ2) is 5.65. The van der Waals surface area contributed by atoms with Gasteiger partial charge in [0.2, 0.25) is 5.91 Å². The Kier molecular flexibility index (Phi) is 3.70. The van der Waals surface area contributed by atoms with Crippen molar-refractivity contribution in [2.24, 2.45) is 5.73 Å². The van der Waals surface area contributed by atoms with Crippen molar-refractivity contribution in [1.82, 2.24) is 19.7 Å². The smallest absolute Gasteiger partial charge is 0.240 e. The molecule has 21 heavy (non-hydrogen) atoms. The van der Waals surface area contributed by atoms with Crippen LogP contribution in [0.1, 0.15) is 17.2 Å². The van der Waals surface area contributed by atoms with Crippen LogP contribution in [0.25, 0.3) is 0 Å². The van der Waals surface area contributed by atoms with Gasteiger partial charge in [-0.05, 0) is 18.9 Å². The van der Waals surface area contributed by atoms with Gasteiger partial charge >= 0.3 is 0 Å². The SMILES string of the molecule is Cc1nc2n(n1)CCN(C(=O)C(N)Cc1ccccc1)C2. The third-order valence-electron chi connectivity index (χ3n) is 3.70. The fourth-order valence-corrected chi connectivity index (χ4v) is 2.64. The Morgan fingerprint density at radius 2 is 2.10 bits per heavy atom. The van der Waals surface area contributed by atoms with Crippen LogP contribution in [0.15, 0.2) is 30.3 Å². The molecule has 1 aliphatic heterocycles. The third kappa shape index (κ3) is 2.95. The molecule has 1 aromatic carbocycles. The summed E-state index contributed by atoms with van der Waals surface area (Å²) in [6, 6.07) is 9.34. The van der Waals surface area contributed by atoms with E-state index in [9.17, 15) is 4.79 Å². The molecule has 0 radical (unpaired) electrons. The molecule has 0 bridgehead atoms. The summed E-state index contributed by atoms with van der Waals surface area (Å²) >= 11 is 0. The summed E-state index contributed by atoms with van der Waals surface area (Å²) in [5.41, 5.74) is 7.15. The molecular formula is C15H19N5O. The third-order valence-corrected chi connectivity index (χ3v) is 3.70. The zero-order valence-electron chi connectivity index (χ0n) is 12.1. The van der Waals surface area contributed by atoms with Crippen molar-refractivity contribution >= 4 is 5.91 Å². The van der Waals surface area contributed by atoms with E-state index in [4.69, 9.17) is 5.73 Å². The first kappa shape index (κ1) is 13.8. The summed E-state index contributed by atoms with van der Waals surface area (Å²) < 4.78 is 1.86. The van der Waals surface area contributed by atoms with E-state index in [-0.39, 0.29) is 5.91 Å². The number of fused-ring (bicyclic) bond motifs is 1. The van der Waals surface area contributed by atoms with Crippen LogP contribution >= 0.6 is 0 Å². The maximum Gasteiger partial charge on any atom is 0.240 e. The van der Waals surface area contributed by atoms with Gasteiger partial charge in [-0.15, -0.1) is 0 Å². The lowest BCUT2D eigenvalue weighted by atomic mass is 10.1. The molecular weight excluding hydrogens is 266 g/mol. The van der Waals surface area contributed by atoms with Crippen LogP contribution < -0.4 is 5.73 Å². The largest absolute Gasteiger partial charge is 0.332 e. The molecule has 1 aliphatic rings. The minimum Gasteiger partial charge on any atom is -0.332 e. The number of hydrogen-bond acceptors (Lipinski definition) is 4. The lowest BCUT2D eigenvalue weighted by Crippen LogP contribution is -2.47. The standard InChI is InChI=1S/C15H19N5O/c1-11-17-14-10-19(7-8-20(14)18-11)15(21)13(16)9-12-5-3-2-4-6-12/h2-6,13H,7-10,16H2,1H3. The fraction of sp³-hybridized carbons (Fsp3) is 0.400. The van der Waals surface area contributed by atoms with Crippen molar-refractivity contribution in [3.8, 4) is 0 Å². The molecule has 0 saturated heterocycles. The van der Waals surface area contributed by atoms with Crippen LogP contribution in [0.3, 0.4) is 0 Å². The number of rotatable bonds is 3. The van der Waals surface area contributed by atoms with Crippen LogP contribution in [0.2, 0.25) is 0 Å². The lowest BCUT2D eigenvalue weighted by molar-refractivity contribution is -0.134. The molecule has 2 N–H and O–H groups in total. The highest BCUT2D eigenvalue weighted by atomic mass is 16.2. The molecule has 1 atom stereocenters. The normalized spacial score (nSPS) is 15.6. The summed E-state index contributed by atoms with van der Waals surface area (Å²) in [6.07, 6.45) is 0.557. The monoisotopic (exact) mass is 285 g/mol. The van der Waals surface area contributed by atoms with Crippen molar-refractivity contribution in [2.45, 2.75) is 32.5 Å². The highest BCUT2D eigenvalue weighted by molar-refractivity contribution is 5.82. The minimum absolute atomic E-state index is 0.0224. The van der Waals surface area contributed by atoms with E-state index in [1.54, 1.807) is 4.90 Å². The van der Waals surface area contributed by atoms with Gasteiger partial charge in [-0.1, -0.05) is 30.3 Å². The van der Waals surface area contributed by atoms with E-state index in [1.165, 1.54) is 0 Å². The van der Waals surface area contributed by atoms with Crippen LogP contribution in [0, 0.1) is 6.92 Å². The van der Waals surface area contributed by atoms with Gasteiger partial charge in [-0.3, -0.25) is 4.79 Å². The minimum atomic E-state index is -0.511. The Balaban J connectivity index is 1.66. The lowest BCUT2D eigenvalue weighted by Gasteiger charge is -2.29. The Labute approximate surface area is 123 Å². The maximum atomic E-state index is 12.5. The number of carbonyl (C=O) groups is 1. The zero-order chi connectivity index (χ0) is 14.8. The van der Waals surface area contributed by atoms with Crippen molar-refractivity contribution < 1.29 is 4.79 Å². The van der Waals surface area contributed by atoms with Crippen molar-refractivity contribution in [3.63, 3.8) is 0 Å². The number of aryl methyl sites for hydroxylation is 1. The summed E-state index contributed by atoms with van der Waals surface area (Å²) in [5.74, 6) is 1.55. The number of hydrogen-bond donors (Lipinski definition) is 1. The summed E-state index contributed by atoms with van der Waals surface area (Å²) in [6.45, 7) is 3.66. The molecule has 1 amide bonds. The van der Waals surface area contributed by atoms with Gasteiger partial charge in [0, 0.05) is 6.54 Å². The average Bonchev–Trinajstić information content (AvgIpc) is 2.86. The first-order valence-electron chi connectivity index (χ1n) is 7.12. The predicted molar refractivity (Wildman–Crippen MR) is 78.3 cm³/mol. The van der Waals surface area contributed by atoms with Crippen molar-refractivity contribution in [1.29, 1.82) is 0 Å². The number of amides is 1. The van der Waals surface area contributed by atoms with Gasteiger partial charge in [0.05, 0.1) is 19.1 Å². The second-order valence-electron chi connectivity index (χ2n) is 5.35. The van der Waals surface area contributed by atoms with E-state index in [2.05, 4.69) is 10.1 Å². The number of nitrogens with zero attached hydrogens (tertiary/aromatic N) is 4. The number of benzene rings is 1. The summed E-state index contributed by atoms with van der Waals surface area (Å²) in [4.78, 5) is 18.6. The Morgan fingerprint density at radius 3 is 2.86 bits per heavy atom. The van der Waals surface area contributed by atoms with Gasteiger partial charge in [0.15, 0.2) is 0 Å². The molecule has 0 fully saturated rings. The summed E-state index contributed by atoms with van der Waals surface area (Å²) in [5, 5.41) is 4.29. The average molecular weight is 285 g/mol. The fourth-order valence-electron chi connectivity index (χ4n) is 2.64. The topological polar surface area (TPSA) is 77.0 Å². The highest BCUT2D eigenvalue weighted by Gasteiger charge is 2.26. The first-order chi connectivity index (χ1) is 10.1. The maximum absolute atomic E-state index is 12.5. The Morgan fingerprint density at radius 1 is 1.33 bits per heavy atom. The predicted octanol–water partition coefficient (Wildman–Crippen LogP) is 0.499. The van der Waals surface area contributed by atoms with Gasteiger partial charge in [0.25, 0.3) is 0 Å². The van der Waals surface area contributed by atoms with E-state index in [1.807, 2.05) is 41.9 Å². The van der Waals surface area contributed by atoms with E-state index < -0.39 is 6.04 Å². The molecule has 6 nitrogen and oxygen atoms in total. The molecule has 2 aromatic rings. The second-order valence-corrected chi connectivity index (χ2v) is 5.35. The Bertz CT molecular complexity index is 637. The van der Waals surface area contributed by atoms with Gasteiger partial charge in [0.1, 0.15) is 11.6 Å². The number of carbonyl (C=O) groups excluding carboxylic acids is 1. The van der Waals surface area contributed by atoms with E-state index in [0.717, 1.165) is 17.2 Å². The summed E-state index contributed by atoms with van der Waals surface area (Å²) in [7, 11) is 0. The first-order valence-corrected chi connectivity index (χ1v) is 7.12. The van der Waals surface area contributed by atoms with Crippen molar-refractivity contribution in [3.05, 3.63) is 47.5 Å². The molecule has 0 aliphatic carbocycles. The molecule has 2 heterocycles. The molecule has 0 saturated carbocycles. The van der Waals surface area contributed by atoms with E-state index >= 15 is 0 Å². The molecule has 1 unspecified atom stereocenters. The molecule has 3 rings (SSSR count). The Hall–Kier alpha value is -2.21. The van der Waals surface area contributed by atoms with Crippen LogP contribution in [0.4, 0.5) is 0 Å².